The van der Waals surface area contributed by atoms with Gasteiger partial charge in [-0.15, -0.1) is 10.2 Å². The number of hydrogen-bond donors (Lipinski definition) is 2. The SMILES string of the molecule is Cc1cc(C)cc(NC(=O)c2ccc(CSc3nnc(-c4ccc(NC(=O)C=Cc5ccccc5)cc4)n3C)cc2)c1. The third-order valence-electron chi connectivity index (χ3n) is 6.54. The number of nitrogens with zero attached hydrogens (tertiary/aromatic N) is 3. The molecule has 1 aromatic heterocycles. The van der Waals surface area contributed by atoms with Gasteiger partial charge in [0.05, 0.1) is 0 Å². The largest absolute Gasteiger partial charge is 0.323 e. The van der Waals surface area contributed by atoms with Gasteiger partial charge in [0.2, 0.25) is 5.91 Å². The monoisotopic (exact) mass is 573 g/mol. The molecule has 42 heavy (non-hydrogen) atoms. The first-order valence-corrected chi connectivity index (χ1v) is 14.5. The first-order valence-electron chi connectivity index (χ1n) is 13.5. The highest BCUT2D eigenvalue weighted by Gasteiger charge is 2.13. The molecule has 8 heteroatoms. The third-order valence-corrected chi connectivity index (χ3v) is 7.63. The van der Waals surface area contributed by atoms with Crippen molar-refractivity contribution in [1.29, 1.82) is 0 Å². The standard InChI is InChI=1S/C34H31N5O2S/c1-23-19-24(2)21-30(20-23)36-33(41)28-12-9-26(10-13-28)22-42-34-38-37-32(39(34)3)27-14-16-29(17-15-27)35-31(40)18-11-25-7-5-4-6-8-25/h4-21H,22H2,1-3H3,(H,35,40)(H,36,41). The summed E-state index contributed by atoms with van der Waals surface area (Å²) in [5.41, 5.74) is 7.26. The number of carbonyl (C=O) groups excluding carboxylic acids is 2. The number of benzene rings is 4. The Kier molecular flexibility index (Phi) is 8.94. The van der Waals surface area contributed by atoms with Crippen LogP contribution in [0.1, 0.15) is 32.6 Å². The van der Waals surface area contributed by atoms with Crippen LogP contribution in [0.4, 0.5) is 11.4 Å². The van der Waals surface area contributed by atoms with Gasteiger partial charge in [0, 0.05) is 41.4 Å². The Balaban J connectivity index is 1.15. The summed E-state index contributed by atoms with van der Waals surface area (Å²) in [6, 6.07) is 30.8. The Morgan fingerprint density at radius 2 is 1.50 bits per heavy atom. The maximum Gasteiger partial charge on any atom is 0.255 e. The summed E-state index contributed by atoms with van der Waals surface area (Å²) in [4.78, 5) is 25.0. The predicted octanol–water partition coefficient (Wildman–Crippen LogP) is 7.30. The second-order valence-corrected chi connectivity index (χ2v) is 10.9. The molecule has 0 radical (unpaired) electrons. The van der Waals surface area contributed by atoms with Gasteiger partial charge in [0.15, 0.2) is 11.0 Å². The van der Waals surface area contributed by atoms with Crippen molar-refractivity contribution in [3.63, 3.8) is 0 Å². The molecule has 0 bridgehead atoms. The van der Waals surface area contributed by atoms with Crippen molar-refractivity contribution in [2.75, 3.05) is 10.6 Å². The van der Waals surface area contributed by atoms with Crippen LogP contribution in [0.15, 0.2) is 108 Å². The van der Waals surface area contributed by atoms with Crippen molar-refractivity contribution in [2.45, 2.75) is 24.8 Å². The zero-order valence-electron chi connectivity index (χ0n) is 23.7. The fourth-order valence-corrected chi connectivity index (χ4v) is 5.33. The normalized spacial score (nSPS) is 11.0. The van der Waals surface area contributed by atoms with Crippen LogP contribution < -0.4 is 10.6 Å². The van der Waals surface area contributed by atoms with Crippen molar-refractivity contribution in [3.8, 4) is 11.4 Å². The average Bonchev–Trinajstić information content (AvgIpc) is 3.35. The molecule has 0 aliphatic rings. The molecular weight excluding hydrogens is 542 g/mol. The lowest BCUT2D eigenvalue weighted by Gasteiger charge is -2.08. The molecule has 1 heterocycles. The van der Waals surface area contributed by atoms with Crippen LogP contribution in [0.2, 0.25) is 0 Å². The number of anilines is 2. The van der Waals surface area contributed by atoms with Gasteiger partial charge in [-0.05, 0) is 90.7 Å². The molecule has 0 spiro atoms. The quantitative estimate of drug-likeness (QED) is 0.143. The second-order valence-electron chi connectivity index (χ2n) is 9.99. The summed E-state index contributed by atoms with van der Waals surface area (Å²) in [7, 11) is 1.93. The van der Waals surface area contributed by atoms with Gasteiger partial charge in [0.25, 0.3) is 5.91 Å². The van der Waals surface area contributed by atoms with Crippen molar-refractivity contribution in [2.24, 2.45) is 7.05 Å². The molecule has 0 saturated heterocycles. The Morgan fingerprint density at radius 1 is 0.810 bits per heavy atom. The lowest BCUT2D eigenvalue weighted by atomic mass is 10.1. The van der Waals surface area contributed by atoms with Crippen LogP contribution in [0, 0.1) is 13.8 Å². The Bertz CT molecular complexity index is 1710. The Hall–Kier alpha value is -4.95. The predicted molar refractivity (Wildman–Crippen MR) is 170 cm³/mol. The molecule has 5 rings (SSSR count). The molecule has 0 aliphatic heterocycles. The van der Waals surface area contributed by atoms with Gasteiger partial charge in [-0.2, -0.15) is 0 Å². The maximum atomic E-state index is 12.7. The van der Waals surface area contributed by atoms with E-state index in [2.05, 4.69) is 26.9 Å². The van der Waals surface area contributed by atoms with Gasteiger partial charge in [0.1, 0.15) is 0 Å². The van der Waals surface area contributed by atoms with E-state index in [-0.39, 0.29) is 11.8 Å². The molecule has 5 aromatic rings. The minimum absolute atomic E-state index is 0.133. The molecular formula is C34H31N5O2S. The fourth-order valence-electron chi connectivity index (χ4n) is 4.46. The Labute approximate surface area is 249 Å². The summed E-state index contributed by atoms with van der Waals surface area (Å²) in [5, 5.41) is 15.4. The molecule has 7 nitrogen and oxygen atoms in total. The highest BCUT2D eigenvalue weighted by molar-refractivity contribution is 7.98. The van der Waals surface area contributed by atoms with Crippen LogP contribution in [0.3, 0.4) is 0 Å². The van der Waals surface area contributed by atoms with Gasteiger partial charge < -0.3 is 15.2 Å². The van der Waals surface area contributed by atoms with Crippen molar-refractivity contribution in [1.82, 2.24) is 14.8 Å². The van der Waals surface area contributed by atoms with E-state index in [1.54, 1.807) is 17.8 Å². The maximum absolute atomic E-state index is 12.7. The number of hydrogen-bond acceptors (Lipinski definition) is 5. The fraction of sp³-hybridized carbons (Fsp3) is 0.118. The smallest absolute Gasteiger partial charge is 0.255 e. The van der Waals surface area contributed by atoms with Crippen molar-refractivity contribution >= 4 is 41.0 Å². The molecule has 0 atom stereocenters. The molecule has 0 fully saturated rings. The number of aryl methyl sites for hydroxylation is 2. The lowest BCUT2D eigenvalue weighted by molar-refractivity contribution is -0.111. The zero-order valence-corrected chi connectivity index (χ0v) is 24.5. The van der Waals surface area contributed by atoms with Gasteiger partial charge >= 0.3 is 0 Å². The number of aromatic nitrogens is 3. The molecule has 210 valence electrons. The van der Waals surface area contributed by atoms with E-state index in [1.165, 1.54) is 6.08 Å². The summed E-state index contributed by atoms with van der Waals surface area (Å²) >= 11 is 1.58. The van der Waals surface area contributed by atoms with Crippen LogP contribution >= 0.6 is 11.8 Å². The van der Waals surface area contributed by atoms with Crippen molar-refractivity contribution in [3.05, 3.63) is 131 Å². The number of amides is 2. The number of rotatable bonds is 9. The topological polar surface area (TPSA) is 88.9 Å². The summed E-state index contributed by atoms with van der Waals surface area (Å²) in [6.45, 7) is 4.03. The number of carbonyl (C=O) groups is 2. The molecule has 0 saturated carbocycles. The van der Waals surface area contributed by atoms with Crippen LogP contribution in [-0.2, 0) is 17.6 Å². The van der Waals surface area contributed by atoms with E-state index < -0.39 is 0 Å². The van der Waals surface area contributed by atoms with Gasteiger partial charge in [-0.3, -0.25) is 9.59 Å². The molecule has 0 aliphatic carbocycles. The third kappa shape index (κ3) is 7.41. The molecule has 2 N–H and O–H groups in total. The summed E-state index contributed by atoms with van der Waals surface area (Å²) in [6.07, 6.45) is 3.30. The van der Waals surface area contributed by atoms with E-state index in [4.69, 9.17) is 0 Å². The first-order chi connectivity index (χ1) is 20.3. The zero-order chi connectivity index (χ0) is 29.5. The van der Waals surface area contributed by atoms with Gasteiger partial charge in [-0.1, -0.05) is 60.3 Å². The second kappa shape index (κ2) is 13.1. The summed E-state index contributed by atoms with van der Waals surface area (Å²) < 4.78 is 1.95. The van der Waals surface area contributed by atoms with Crippen molar-refractivity contribution < 1.29 is 9.59 Å². The highest BCUT2D eigenvalue weighted by Crippen LogP contribution is 2.26. The van der Waals surface area contributed by atoms with E-state index >= 15 is 0 Å². The average molecular weight is 574 g/mol. The first kappa shape index (κ1) is 28.6. The van der Waals surface area contributed by atoms with E-state index in [1.807, 2.05) is 116 Å². The van der Waals surface area contributed by atoms with Gasteiger partial charge in [-0.25, -0.2) is 0 Å². The van der Waals surface area contributed by atoms with Crippen LogP contribution in [0.25, 0.3) is 17.5 Å². The minimum atomic E-state index is -0.195. The van der Waals surface area contributed by atoms with Crippen LogP contribution in [-0.4, -0.2) is 26.6 Å². The van der Waals surface area contributed by atoms with E-state index in [9.17, 15) is 9.59 Å². The highest BCUT2D eigenvalue weighted by atomic mass is 32.2. The molecule has 0 unspecified atom stereocenters. The molecule has 2 amide bonds. The van der Waals surface area contributed by atoms with E-state index in [0.29, 0.717) is 17.0 Å². The Morgan fingerprint density at radius 3 is 2.19 bits per heavy atom. The number of thioether (sulfide) groups is 1. The molecule has 4 aromatic carbocycles. The lowest BCUT2D eigenvalue weighted by Crippen LogP contribution is -2.12. The minimum Gasteiger partial charge on any atom is -0.323 e. The number of nitrogens with one attached hydrogen (secondary N) is 2. The van der Waals surface area contributed by atoms with E-state index in [0.717, 1.165) is 44.5 Å². The van der Waals surface area contributed by atoms with Crippen LogP contribution in [0.5, 0.6) is 0 Å². The summed E-state index contributed by atoms with van der Waals surface area (Å²) in [5.74, 6) is 1.09.